The Kier molecular flexibility index (Phi) is 3.52. The molecule has 0 saturated carbocycles. The number of nitrogens with zero attached hydrogens (tertiary/aromatic N) is 1. The van der Waals surface area contributed by atoms with Crippen LogP contribution in [0.4, 0.5) is 17.1 Å². The molecule has 4 nitrogen and oxygen atoms in total. The van der Waals surface area contributed by atoms with Gasteiger partial charge >= 0.3 is 0 Å². The van der Waals surface area contributed by atoms with Gasteiger partial charge in [-0.25, -0.2) is 0 Å². The van der Waals surface area contributed by atoms with Crippen molar-refractivity contribution in [2.24, 2.45) is 0 Å². The van der Waals surface area contributed by atoms with Crippen LogP contribution in [0.2, 0.25) is 0 Å². The Morgan fingerprint density at radius 1 is 1.19 bits per heavy atom. The van der Waals surface area contributed by atoms with Gasteiger partial charge in [-0.1, -0.05) is 24.3 Å². The molecule has 21 heavy (non-hydrogen) atoms. The Morgan fingerprint density at radius 3 is 2.81 bits per heavy atom. The number of hydrogen-bond acceptors (Lipinski definition) is 3. The largest absolute Gasteiger partial charge is 0.384 e. The summed E-state index contributed by atoms with van der Waals surface area (Å²) in [4.78, 5) is 14.5. The molecular weight excluding hydrogens is 262 g/mol. The predicted molar refractivity (Wildman–Crippen MR) is 87.1 cm³/mol. The van der Waals surface area contributed by atoms with E-state index >= 15 is 0 Å². The molecule has 1 unspecified atom stereocenters. The zero-order chi connectivity index (χ0) is 14.8. The van der Waals surface area contributed by atoms with Crippen molar-refractivity contribution in [2.75, 3.05) is 36.2 Å². The first-order valence-corrected chi connectivity index (χ1v) is 7.06. The highest BCUT2D eigenvalue weighted by Crippen LogP contribution is 2.32. The van der Waals surface area contributed by atoms with Crippen molar-refractivity contribution in [2.45, 2.75) is 5.92 Å². The van der Waals surface area contributed by atoms with E-state index in [-0.39, 0.29) is 11.8 Å². The molecule has 3 rings (SSSR count). The lowest BCUT2D eigenvalue weighted by Gasteiger charge is -2.15. The highest BCUT2D eigenvalue weighted by atomic mass is 16.1. The minimum absolute atomic E-state index is 0.0309. The summed E-state index contributed by atoms with van der Waals surface area (Å²) < 4.78 is 0. The first-order valence-electron chi connectivity index (χ1n) is 7.06. The van der Waals surface area contributed by atoms with Crippen LogP contribution in [0, 0.1) is 0 Å². The molecule has 1 amide bonds. The lowest BCUT2D eigenvalue weighted by molar-refractivity contribution is -0.117. The molecule has 0 fully saturated rings. The summed E-state index contributed by atoms with van der Waals surface area (Å²) in [5.41, 5.74) is 4.02. The molecule has 1 aliphatic rings. The van der Waals surface area contributed by atoms with E-state index in [1.54, 1.807) is 0 Å². The van der Waals surface area contributed by atoms with Gasteiger partial charge in [-0.15, -0.1) is 0 Å². The van der Waals surface area contributed by atoms with E-state index in [1.165, 1.54) is 0 Å². The van der Waals surface area contributed by atoms with E-state index < -0.39 is 0 Å². The van der Waals surface area contributed by atoms with E-state index in [1.807, 2.05) is 67.5 Å². The highest BCUT2D eigenvalue weighted by Gasteiger charge is 2.28. The standard InChI is InChI=1S/C17H19N3O/c1-20(2)13-7-5-6-12(10-13)19-17(21)15-11-18-16-9-4-3-8-14(15)16/h3-10,15,18H,11H2,1-2H3,(H,19,21). The smallest absolute Gasteiger partial charge is 0.233 e. The van der Waals surface area contributed by atoms with Gasteiger partial charge in [0.25, 0.3) is 0 Å². The molecular formula is C17H19N3O. The van der Waals surface area contributed by atoms with Crippen molar-refractivity contribution in [3.63, 3.8) is 0 Å². The maximum atomic E-state index is 12.5. The van der Waals surface area contributed by atoms with E-state index in [0.717, 1.165) is 22.6 Å². The van der Waals surface area contributed by atoms with Crippen LogP contribution >= 0.6 is 0 Å². The average Bonchev–Trinajstić information content (AvgIpc) is 2.91. The van der Waals surface area contributed by atoms with Crippen LogP contribution in [0.5, 0.6) is 0 Å². The topological polar surface area (TPSA) is 44.4 Å². The van der Waals surface area contributed by atoms with Crippen molar-refractivity contribution in [1.82, 2.24) is 0 Å². The molecule has 0 spiro atoms. The Labute approximate surface area is 124 Å². The van der Waals surface area contributed by atoms with Crippen molar-refractivity contribution in [3.8, 4) is 0 Å². The summed E-state index contributed by atoms with van der Waals surface area (Å²) in [6.45, 7) is 0.651. The molecule has 0 saturated heterocycles. The second-order valence-corrected chi connectivity index (χ2v) is 5.45. The first-order chi connectivity index (χ1) is 10.1. The van der Waals surface area contributed by atoms with Crippen LogP contribution in [0.1, 0.15) is 11.5 Å². The van der Waals surface area contributed by atoms with Crippen molar-refractivity contribution < 1.29 is 4.79 Å². The van der Waals surface area contributed by atoms with Gasteiger partial charge in [0.2, 0.25) is 5.91 Å². The fraction of sp³-hybridized carbons (Fsp3) is 0.235. The third-order valence-corrected chi connectivity index (χ3v) is 3.78. The third kappa shape index (κ3) is 2.70. The summed E-state index contributed by atoms with van der Waals surface area (Å²) in [6.07, 6.45) is 0. The molecule has 1 aliphatic heterocycles. The van der Waals surface area contributed by atoms with E-state index in [2.05, 4.69) is 10.6 Å². The number of fused-ring (bicyclic) bond motifs is 1. The molecule has 1 atom stereocenters. The number of amides is 1. The number of carbonyl (C=O) groups excluding carboxylic acids is 1. The van der Waals surface area contributed by atoms with E-state index in [0.29, 0.717) is 6.54 Å². The van der Waals surface area contributed by atoms with Gasteiger partial charge in [0.15, 0.2) is 0 Å². The first kappa shape index (κ1) is 13.5. The van der Waals surface area contributed by atoms with Gasteiger partial charge in [0.05, 0.1) is 5.92 Å². The Hall–Kier alpha value is -2.49. The van der Waals surface area contributed by atoms with Gasteiger partial charge in [0, 0.05) is 37.7 Å². The monoisotopic (exact) mass is 281 g/mol. The van der Waals surface area contributed by atoms with Crippen molar-refractivity contribution >= 4 is 23.0 Å². The molecule has 2 aromatic rings. The number of hydrogen-bond donors (Lipinski definition) is 2. The molecule has 0 aromatic heterocycles. The minimum Gasteiger partial charge on any atom is -0.384 e. The van der Waals surface area contributed by atoms with E-state index in [9.17, 15) is 4.79 Å². The van der Waals surface area contributed by atoms with Gasteiger partial charge in [0.1, 0.15) is 0 Å². The maximum absolute atomic E-state index is 12.5. The van der Waals surface area contributed by atoms with Crippen LogP contribution in [-0.2, 0) is 4.79 Å². The number of para-hydroxylation sites is 1. The third-order valence-electron chi connectivity index (χ3n) is 3.78. The van der Waals surface area contributed by atoms with Crippen molar-refractivity contribution in [3.05, 3.63) is 54.1 Å². The Balaban J connectivity index is 1.77. The minimum atomic E-state index is -0.135. The molecule has 0 aliphatic carbocycles. The molecule has 0 bridgehead atoms. The number of anilines is 3. The second kappa shape index (κ2) is 5.48. The predicted octanol–water partition coefficient (Wildman–Crippen LogP) is 2.90. The van der Waals surface area contributed by atoms with Crippen molar-refractivity contribution in [1.29, 1.82) is 0 Å². The van der Waals surface area contributed by atoms with Crippen LogP contribution < -0.4 is 15.5 Å². The highest BCUT2D eigenvalue weighted by molar-refractivity contribution is 5.98. The summed E-state index contributed by atoms with van der Waals surface area (Å²) in [5.74, 6) is -0.104. The number of rotatable bonds is 3. The Bertz CT molecular complexity index is 667. The number of carbonyl (C=O) groups is 1. The molecule has 1 heterocycles. The second-order valence-electron chi connectivity index (χ2n) is 5.45. The maximum Gasteiger partial charge on any atom is 0.233 e. The van der Waals surface area contributed by atoms with Crippen LogP contribution in [0.3, 0.4) is 0 Å². The fourth-order valence-corrected chi connectivity index (χ4v) is 2.61. The van der Waals surface area contributed by atoms with Gasteiger partial charge < -0.3 is 15.5 Å². The van der Waals surface area contributed by atoms with Gasteiger partial charge in [-0.3, -0.25) is 4.79 Å². The zero-order valence-electron chi connectivity index (χ0n) is 12.3. The normalized spacial score (nSPS) is 16.0. The molecule has 0 radical (unpaired) electrons. The molecule has 4 heteroatoms. The fourth-order valence-electron chi connectivity index (χ4n) is 2.61. The van der Waals surface area contributed by atoms with Crippen LogP contribution in [0.25, 0.3) is 0 Å². The zero-order valence-corrected chi connectivity index (χ0v) is 12.3. The summed E-state index contributed by atoms with van der Waals surface area (Å²) in [5, 5.41) is 6.29. The van der Waals surface area contributed by atoms with E-state index in [4.69, 9.17) is 0 Å². The van der Waals surface area contributed by atoms with Crippen LogP contribution in [-0.4, -0.2) is 26.5 Å². The summed E-state index contributed by atoms with van der Waals surface area (Å²) >= 11 is 0. The SMILES string of the molecule is CN(C)c1cccc(NC(=O)C2CNc3ccccc32)c1. The molecule has 2 N–H and O–H groups in total. The van der Waals surface area contributed by atoms with Gasteiger partial charge in [-0.05, 0) is 29.8 Å². The quantitative estimate of drug-likeness (QED) is 0.909. The van der Waals surface area contributed by atoms with Crippen LogP contribution in [0.15, 0.2) is 48.5 Å². The molecule has 2 aromatic carbocycles. The number of benzene rings is 2. The lowest BCUT2D eigenvalue weighted by Crippen LogP contribution is -2.22. The average molecular weight is 281 g/mol. The van der Waals surface area contributed by atoms with Gasteiger partial charge in [-0.2, -0.15) is 0 Å². The Morgan fingerprint density at radius 2 is 2.00 bits per heavy atom. The lowest BCUT2D eigenvalue weighted by atomic mass is 10.0. The number of nitrogens with one attached hydrogen (secondary N) is 2. The molecule has 108 valence electrons. The summed E-state index contributed by atoms with van der Waals surface area (Å²) in [7, 11) is 3.97. The summed E-state index contributed by atoms with van der Waals surface area (Å²) in [6, 6.07) is 15.8.